The summed E-state index contributed by atoms with van der Waals surface area (Å²) in [4.78, 5) is 0. The summed E-state index contributed by atoms with van der Waals surface area (Å²) < 4.78 is 40.9. The molecule has 4 fully saturated rings. The van der Waals surface area contributed by atoms with Gasteiger partial charge < -0.3 is 5.11 Å². The van der Waals surface area contributed by atoms with Crippen molar-refractivity contribution in [1.29, 1.82) is 0 Å². The van der Waals surface area contributed by atoms with Crippen molar-refractivity contribution in [3.05, 3.63) is 11.1 Å². The molecule has 1 nitrogen and oxygen atoms in total. The van der Waals surface area contributed by atoms with E-state index in [1.165, 1.54) is 6.42 Å². The lowest BCUT2D eigenvalue weighted by Gasteiger charge is -2.60. The molecule has 25 heavy (non-hydrogen) atoms. The van der Waals surface area contributed by atoms with E-state index in [0.717, 1.165) is 37.7 Å². The first-order valence-corrected chi connectivity index (χ1v) is 10.1. The van der Waals surface area contributed by atoms with Gasteiger partial charge in [-0.3, -0.25) is 0 Å². The van der Waals surface area contributed by atoms with Crippen LogP contribution in [0, 0.1) is 34.0 Å². The molecular formula is C21H29F3O. The lowest BCUT2D eigenvalue weighted by molar-refractivity contribution is -0.116. The topological polar surface area (TPSA) is 20.2 Å². The number of aliphatic hydroxyl groups is 1. The average Bonchev–Trinajstić information content (AvgIpc) is 3.18. The number of rotatable bonds is 0. The summed E-state index contributed by atoms with van der Waals surface area (Å²) in [6.45, 7) is 4.42. The van der Waals surface area contributed by atoms with Crippen LogP contribution in [-0.4, -0.2) is 17.4 Å². The van der Waals surface area contributed by atoms with Gasteiger partial charge >= 0.3 is 6.18 Å². The predicted octanol–water partition coefficient (Wildman–Crippen LogP) is 5.63. The molecule has 0 unspecified atom stereocenters. The van der Waals surface area contributed by atoms with E-state index in [0.29, 0.717) is 30.6 Å². The molecule has 0 aromatic rings. The third-order valence-electron chi connectivity index (χ3n) is 9.62. The van der Waals surface area contributed by atoms with Crippen LogP contribution in [0.2, 0.25) is 0 Å². The largest absolute Gasteiger partial charge is 0.412 e. The predicted molar refractivity (Wildman–Crippen MR) is 89.8 cm³/mol. The molecular weight excluding hydrogens is 325 g/mol. The fourth-order valence-corrected chi connectivity index (χ4v) is 8.43. The zero-order valence-corrected chi connectivity index (χ0v) is 15.3. The standard InChI is InChI=1S/C21H29F3O/c1-18-8-3-4-16(21(22,23)24)13(18)5-6-15-14(18)7-9-19(2)17(25)10-12-11-20(12,15)19/h12,14-15,17,25H,3-11H2,1-2H3/t12-,14+,15-,17+,18+,19-,20+/m1/s1. The van der Waals surface area contributed by atoms with E-state index in [1.807, 2.05) is 0 Å². The highest BCUT2D eigenvalue weighted by Crippen LogP contribution is 2.82. The third kappa shape index (κ3) is 1.81. The van der Waals surface area contributed by atoms with E-state index >= 15 is 0 Å². The van der Waals surface area contributed by atoms with Crippen molar-refractivity contribution in [3.8, 4) is 0 Å². The van der Waals surface area contributed by atoms with Gasteiger partial charge in [0.05, 0.1) is 6.10 Å². The highest BCUT2D eigenvalue weighted by Gasteiger charge is 2.77. The second-order valence-corrected chi connectivity index (χ2v) is 10.1. The average molecular weight is 354 g/mol. The molecule has 0 aliphatic heterocycles. The Morgan fingerprint density at radius 2 is 1.80 bits per heavy atom. The minimum atomic E-state index is -4.16. The zero-order chi connectivity index (χ0) is 17.8. The van der Waals surface area contributed by atoms with Gasteiger partial charge in [0.2, 0.25) is 0 Å². The molecule has 0 radical (unpaired) electrons. The van der Waals surface area contributed by atoms with Gasteiger partial charge in [0.1, 0.15) is 0 Å². The van der Waals surface area contributed by atoms with Crippen molar-refractivity contribution in [2.24, 2.45) is 34.0 Å². The van der Waals surface area contributed by atoms with Gasteiger partial charge in [-0.25, -0.2) is 0 Å². The van der Waals surface area contributed by atoms with Gasteiger partial charge in [-0.15, -0.1) is 0 Å². The van der Waals surface area contributed by atoms with Crippen molar-refractivity contribution >= 4 is 0 Å². The summed E-state index contributed by atoms with van der Waals surface area (Å²) in [6.07, 6.45) is 3.13. The Kier molecular flexibility index (Phi) is 3.10. The van der Waals surface area contributed by atoms with E-state index in [1.54, 1.807) is 0 Å². The fourth-order valence-electron chi connectivity index (χ4n) is 8.43. The quantitative estimate of drug-likeness (QED) is 0.559. The van der Waals surface area contributed by atoms with E-state index < -0.39 is 6.18 Å². The minimum Gasteiger partial charge on any atom is -0.393 e. The van der Waals surface area contributed by atoms with Gasteiger partial charge in [-0.05, 0) is 91.8 Å². The number of halogens is 3. The summed E-state index contributed by atoms with van der Waals surface area (Å²) in [7, 11) is 0. The van der Waals surface area contributed by atoms with Crippen LogP contribution in [0.25, 0.3) is 0 Å². The maximum absolute atomic E-state index is 13.6. The monoisotopic (exact) mass is 354 g/mol. The number of fused-ring (bicyclic) bond motifs is 3. The van der Waals surface area contributed by atoms with Crippen molar-refractivity contribution < 1.29 is 18.3 Å². The summed E-state index contributed by atoms with van der Waals surface area (Å²) >= 11 is 0. The number of aliphatic hydroxyl groups excluding tert-OH is 1. The molecule has 0 aromatic heterocycles. The Balaban J connectivity index is 1.57. The molecule has 5 aliphatic rings. The SMILES string of the molecule is C[C@]12CCCC(C(F)(F)F)=C1CC[C@@H]1[C@@H]2CC[C@]2(C)[C@@H](O)C[C@@H]3C[C@]312. The van der Waals surface area contributed by atoms with E-state index in [9.17, 15) is 18.3 Å². The van der Waals surface area contributed by atoms with Crippen LogP contribution in [-0.2, 0) is 0 Å². The molecule has 0 amide bonds. The highest BCUT2D eigenvalue weighted by atomic mass is 19.4. The summed E-state index contributed by atoms with van der Waals surface area (Å²) in [5.41, 5.74) is 0.549. The highest BCUT2D eigenvalue weighted by molar-refractivity contribution is 5.35. The van der Waals surface area contributed by atoms with Crippen LogP contribution < -0.4 is 0 Å². The van der Waals surface area contributed by atoms with Crippen molar-refractivity contribution in [1.82, 2.24) is 0 Å². The molecule has 0 saturated heterocycles. The molecule has 1 N–H and O–H groups in total. The molecule has 5 rings (SSSR count). The van der Waals surface area contributed by atoms with Crippen molar-refractivity contribution in [2.75, 3.05) is 0 Å². The molecule has 0 heterocycles. The molecule has 1 spiro atoms. The molecule has 4 heteroatoms. The Labute approximate surface area is 148 Å². The second kappa shape index (κ2) is 4.66. The van der Waals surface area contributed by atoms with Crippen LogP contribution in [0.3, 0.4) is 0 Å². The van der Waals surface area contributed by atoms with Crippen molar-refractivity contribution in [2.45, 2.75) is 83.9 Å². The van der Waals surface area contributed by atoms with E-state index in [-0.39, 0.29) is 34.3 Å². The van der Waals surface area contributed by atoms with Gasteiger partial charge in [-0.1, -0.05) is 19.4 Å². The molecule has 140 valence electrons. The Morgan fingerprint density at radius 3 is 2.52 bits per heavy atom. The van der Waals surface area contributed by atoms with Crippen LogP contribution >= 0.6 is 0 Å². The zero-order valence-electron chi connectivity index (χ0n) is 15.3. The Bertz CT molecular complexity index is 652. The summed E-state index contributed by atoms with van der Waals surface area (Å²) in [6, 6.07) is 0. The lowest BCUT2D eigenvalue weighted by atomic mass is 9.45. The molecule has 4 saturated carbocycles. The maximum Gasteiger partial charge on any atom is 0.412 e. The number of hydrogen-bond acceptors (Lipinski definition) is 1. The first-order chi connectivity index (χ1) is 11.6. The van der Waals surface area contributed by atoms with Gasteiger partial charge in [-0.2, -0.15) is 13.2 Å². The molecule has 7 atom stereocenters. The van der Waals surface area contributed by atoms with E-state index in [2.05, 4.69) is 13.8 Å². The normalized spacial score (nSPS) is 54.5. The minimum absolute atomic E-state index is 0.0118. The van der Waals surface area contributed by atoms with Crippen LogP contribution in [0.4, 0.5) is 13.2 Å². The smallest absolute Gasteiger partial charge is 0.393 e. The third-order valence-corrected chi connectivity index (χ3v) is 9.62. The number of allylic oxidation sites excluding steroid dienone is 2. The van der Waals surface area contributed by atoms with Crippen LogP contribution in [0.5, 0.6) is 0 Å². The van der Waals surface area contributed by atoms with Crippen LogP contribution in [0.15, 0.2) is 11.1 Å². The first-order valence-electron chi connectivity index (χ1n) is 10.1. The van der Waals surface area contributed by atoms with E-state index in [4.69, 9.17) is 0 Å². The molecule has 5 aliphatic carbocycles. The second-order valence-electron chi connectivity index (χ2n) is 10.1. The molecule has 0 bridgehead atoms. The van der Waals surface area contributed by atoms with Gasteiger partial charge in [0.25, 0.3) is 0 Å². The van der Waals surface area contributed by atoms with Crippen LogP contribution in [0.1, 0.15) is 71.6 Å². The van der Waals surface area contributed by atoms with Gasteiger partial charge in [0.15, 0.2) is 0 Å². The van der Waals surface area contributed by atoms with Crippen molar-refractivity contribution in [3.63, 3.8) is 0 Å². The fraction of sp³-hybridized carbons (Fsp3) is 0.905. The Hall–Kier alpha value is -0.510. The lowest BCUT2D eigenvalue weighted by Crippen LogP contribution is -2.54. The summed E-state index contributed by atoms with van der Waals surface area (Å²) in [5, 5.41) is 10.7. The first kappa shape index (κ1) is 16.6. The summed E-state index contributed by atoms with van der Waals surface area (Å²) in [5.74, 6) is 1.53. The van der Waals surface area contributed by atoms with Gasteiger partial charge in [0, 0.05) is 5.57 Å². The molecule has 0 aromatic carbocycles. The number of hydrogen-bond donors (Lipinski definition) is 1. The number of alkyl halides is 3. The Morgan fingerprint density at radius 1 is 1.04 bits per heavy atom. The maximum atomic E-state index is 13.6.